The molecule has 0 unspecified atom stereocenters. The Morgan fingerprint density at radius 3 is 2.62 bits per heavy atom. The third kappa shape index (κ3) is 4.25. The molecule has 0 aromatic heterocycles. The van der Waals surface area contributed by atoms with Crippen molar-refractivity contribution in [1.82, 2.24) is 0 Å². The number of hydrogen-bond donors (Lipinski definition) is 2. The zero-order valence-corrected chi connectivity index (χ0v) is 14.2. The first-order chi connectivity index (χ1) is 10.1. The number of para-hydroxylation sites is 2. The van der Waals surface area contributed by atoms with Crippen LogP contribution in [0.15, 0.2) is 42.5 Å². The van der Waals surface area contributed by atoms with Gasteiger partial charge in [-0.2, -0.15) is 0 Å². The lowest BCUT2D eigenvalue weighted by atomic mass is 10.3. The number of rotatable bonds is 5. The van der Waals surface area contributed by atoms with Crippen LogP contribution in [0.25, 0.3) is 0 Å². The number of amides is 1. The lowest BCUT2D eigenvalue weighted by Gasteiger charge is -2.12. The normalized spacial score (nSPS) is 10.0. The summed E-state index contributed by atoms with van der Waals surface area (Å²) in [6, 6.07) is 12.9. The summed E-state index contributed by atoms with van der Waals surface area (Å²) in [6.45, 7) is 0.127. The minimum atomic E-state index is -0.138. The smallest absolute Gasteiger partial charge is 0.243 e. The molecule has 0 aliphatic heterocycles. The Hall–Kier alpha value is -1.47. The van der Waals surface area contributed by atoms with Crippen molar-refractivity contribution in [3.8, 4) is 5.75 Å². The molecule has 110 valence electrons. The molecule has 0 saturated heterocycles. The van der Waals surface area contributed by atoms with Crippen molar-refractivity contribution in [3.05, 3.63) is 51.1 Å². The first-order valence-electron chi connectivity index (χ1n) is 6.22. The molecule has 0 saturated carbocycles. The maximum atomic E-state index is 12.0. The molecule has 0 atom stereocenters. The quantitative estimate of drug-likeness (QED) is 0.724. The number of methoxy groups -OCH3 is 1. The number of benzene rings is 2. The molecule has 0 bridgehead atoms. The first kappa shape index (κ1) is 15.9. The molecule has 0 heterocycles. The van der Waals surface area contributed by atoms with Crippen molar-refractivity contribution >= 4 is 51.5 Å². The molecule has 2 aromatic rings. The van der Waals surface area contributed by atoms with Crippen LogP contribution in [0.2, 0.25) is 5.02 Å². The minimum absolute atomic E-state index is 0.127. The molecule has 0 fully saturated rings. The minimum Gasteiger partial charge on any atom is -0.493 e. The Labute approximate surface area is 142 Å². The maximum Gasteiger partial charge on any atom is 0.243 e. The van der Waals surface area contributed by atoms with Gasteiger partial charge in [0.05, 0.1) is 30.1 Å². The van der Waals surface area contributed by atoms with Gasteiger partial charge >= 0.3 is 0 Å². The van der Waals surface area contributed by atoms with Gasteiger partial charge in [0.1, 0.15) is 0 Å². The van der Waals surface area contributed by atoms with Crippen LogP contribution in [0.4, 0.5) is 11.4 Å². The molecular formula is C15H14ClIN2O2. The predicted molar refractivity (Wildman–Crippen MR) is 94.3 cm³/mol. The lowest BCUT2D eigenvalue weighted by Crippen LogP contribution is -2.22. The van der Waals surface area contributed by atoms with E-state index < -0.39 is 0 Å². The fourth-order valence-corrected chi connectivity index (χ4v) is 2.56. The summed E-state index contributed by atoms with van der Waals surface area (Å²) in [6.07, 6.45) is 0. The fourth-order valence-electron chi connectivity index (χ4n) is 1.79. The van der Waals surface area contributed by atoms with Crippen LogP contribution in [-0.4, -0.2) is 19.6 Å². The molecule has 0 aliphatic rings. The number of halogens is 2. The standard InChI is InChI=1S/C15H14ClIN2O2/c1-21-15-10(16)5-4-8-13(15)18-9-14(20)19-12-7-3-2-6-11(12)17/h2-8,18H,9H2,1H3,(H,19,20). The molecule has 2 N–H and O–H groups in total. The second-order valence-corrected chi connectivity index (χ2v) is 5.77. The van der Waals surface area contributed by atoms with Crippen LogP contribution in [0, 0.1) is 3.57 Å². The SMILES string of the molecule is COc1c(Cl)cccc1NCC(=O)Nc1ccccc1I. The van der Waals surface area contributed by atoms with Crippen LogP contribution in [0.5, 0.6) is 5.75 Å². The van der Waals surface area contributed by atoms with Gasteiger partial charge in [-0.25, -0.2) is 0 Å². The molecule has 2 rings (SSSR count). The van der Waals surface area contributed by atoms with Gasteiger partial charge in [0.2, 0.25) is 5.91 Å². The third-order valence-corrected chi connectivity index (χ3v) is 4.00. The van der Waals surface area contributed by atoms with Crippen LogP contribution in [0.1, 0.15) is 0 Å². The summed E-state index contributed by atoms with van der Waals surface area (Å²) in [5.74, 6) is 0.391. The van der Waals surface area contributed by atoms with Gasteiger partial charge in [-0.1, -0.05) is 29.8 Å². The van der Waals surface area contributed by atoms with Gasteiger partial charge in [0, 0.05) is 3.57 Å². The zero-order chi connectivity index (χ0) is 15.2. The van der Waals surface area contributed by atoms with Crippen LogP contribution < -0.4 is 15.4 Å². The molecule has 0 radical (unpaired) electrons. The van der Waals surface area contributed by atoms with Gasteiger partial charge in [-0.15, -0.1) is 0 Å². The molecule has 1 amide bonds. The summed E-state index contributed by atoms with van der Waals surface area (Å²) in [7, 11) is 1.54. The maximum absolute atomic E-state index is 12.0. The topological polar surface area (TPSA) is 50.4 Å². The Balaban J connectivity index is 1.99. The largest absolute Gasteiger partial charge is 0.493 e. The van der Waals surface area contributed by atoms with Crippen molar-refractivity contribution in [3.63, 3.8) is 0 Å². The summed E-state index contributed by atoms with van der Waals surface area (Å²) in [4.78, 5) is 12.0. The molecule has 0 spiro atoms. The van der Waals surface area contributed by atoms with E-state index in [1.54, 1.807) is 19.2 Å². The van der Waals surface area contributed by atoms with Gasteiger partial charge in [-0.3, -0.25) is 4.79 Å². The summed E-state index contributed by atoms with van der Waals surface area (Å²) < 4.78 is 6.21. The van der Waals surface area contributed by atoms with Gasteiger partial charge in [-0.05, 0) is 46.9 Å². The number of ether oxygens (including phenoxy) is 1. The summed E-state index contributed by atoms with van der Waals surface area (Å²) in [5.41, 5.74) is 1.48. The summed E-state index contributed by atoms with van der Waals surface area (Å²) in [5, 5.41) is 6.37. The highest BCUT2D eigenvalue weighted by molar-refractivity contribution is 14.1. The number of anilines is 2. The van der Waals surface area contributed by atoms with E-state index in [1.807, 2.05) is 30.3 Å². The second kappa shape index (κ2) is 7.51. The third-order valence-electron chi connectivity index (χ3n) is 2.76. The zero-order valence-electron chi connectivity index (χ0n) is 11.3. The average Bonchev–Trinajstić information content (AvgIpc) is 2.47. The lowest BCUT2D eigenvalue weighted by molar-refractivity contribution is -0.114. The molecular weight excluding hydrogens is 403 g/mol. The average molecular weight is 417 g/mol. The monoisotopic (exact) mass is 416 g/mol. The van der Waals surface area contributed by atoms with E-state index in [1.165, 1.54) is 0 Å². The van der Waals surface area contributed by atoms with E-state index in [0.29, 0.717) is 16.5 Å². The van der Waals surface area contributed by atoms with Crippen molar-refractivity contribution in [2.75, 3.05) is 24.3 Å². The molecule has 2 aromatic carbocycles. The van der Waals surface area contributed by atoms with Crippen LogP contribution >= 0.6 is 34.2 Å². The molecule has 0 aliphatic carbocycles. The van der Waals surface area contributed by atoms with Gasteiger partial charge in [0.15, 0.2) is 5.75 Å². The number of carbonyl (C=O) groups excluding carboxylic acids is 1. The summed E-state index contributed by atoms with van der Waals surface area (Å²) >= 11 is 8.21. The van der Waals surface area contributed by atoms with Crippen LogP contribution in [-0.2, 0) is 4.79 Å². The van der Waals surface area contributed by atoms with Crippen molar-refractivity contribution in [1.29, 1.82) is 0 Å². The van der Waals surface area contributed by atoms with E-state index in [-0.39, 0.29) is 12.5 Å². The van der Waals surface area contributed by atoms with E-state index in [0.717, 1.165) is 9.26 Å². The molecule has 4 nitrogen and oxygen atoms in total. The Kier molecular flexibility index (Phi) is 5.69. The van der Waals surface area contributed by atoms with Crippen LogP contribution in [0.3, 0.4) is 0 Å². The van der Waals surface area contributed by atoms with Gasteiger partial charge < -0.3 is 15.4 Å². The molecule has 21 heavy (non-hydrogen) atoms. The van der Waals surface area contributed by atoms with Crippen molar-refractivity contribution < 1.29 is 9.53 Å². The van der Waals surface area contributed by atoms with E-state index in [4.69, 9.17) is 16.3 Å². The number of carbonyl (C=O) groups is 1. The Bertz CT molecular complexity index is 649. The van der Waals surface area contributed by atoms with E-state index in [2.05, 4.69) is 33.2 Å². The number of hydrogen-bond acceptors (Lipinski definition) is 3. The predicted octanol–water partition coefficient (Wildman–Crippen LogP) is 4.00. The Morgan fingerprint density at radius 2 is 1.90 bits per heavy atom. The van der Waals surface area contributed by atoms with Crippen molar-refractivity contribution in [2.45, 2.75) is 0 Å². The highest BCUT2D eigenvalue weighted by Gasteiger charge is 2.09. The fraction of sp³-hybridized carbons (Fsp3) is 0.133. The number of nitrogens with one attached hydrogen (secondary N) is 2. The van der Waals surface area contributed by atoms with Crippen molar-refractivity contribution in [2.24, 2.45) is 0 Å². The highest BCUT2D eigenvalue weighted by atomic mass is 127. The highest BCUT2D eigenvalue weighted by Crippen LogP contribution is 2.32. The second-order valence-electron chi connectivity index (χ2n) is 4.20. The Morgan fingerprint density at radius 1 is 1.19 bits per heavy atom. The molecule has 6 heteroatoms. The first-order valence-corrected chi connectivity index (χ1v) is 7.68. The van der Waals surface area contributed by atoms with E-state index >= 15 is 0 Å². The van der Waals surface area contributed by atoms with E-state index in [9.17, 15) is 4.79 Å². The van der Waals surface area contributed by atoms with Gasteiger partial charge in [0.25, 0.3) is 0 Å².